The van der Waals surface area contributed by atoms with Crippen LogP contribution >= 0.6 is 0 Å². The van der Waals surface area contributed by atoms with E-state index in [9.17, 15) is 27.6 Å². The highest BCUT2D eigenvalue weighted by molar-refractivity contribution is 5.94. The minimum absolute atomic E-state index is 0.0575. The van der Waals surface area contributed by atoms with Crippen LogP contribution in [-0.4, -0.2) is 58.7 Å². The van der Waals surface area contributed by atoms with Crippen molar-refractivity contribution in [1.82, 2.24) is 14.5 Å². The molecule has 2 aromatic carbocycles. The lowest BCUT2D eigenvalue weighted by molar-refractivity contribution is -0.144. The van der Waals surface area contributed by atoms with Crippen LogP contribution in [0.2, 0.25) is 0 Å². The molecule has 1 aliphatic heterocycles. The lowest BCUT2D eigenvalue weighted by Gasteiger charge is -2.35. The number of alkyl halides is 3. The van der Waals surface area contributed by atoms with Crippen LogP contribution in [0.3, 0.4) is 0 Å². The molecule has 1 amide bonds. The van der Waals surface area contributed by atoms with E-state index < -0.39 is 35.4 Å². The van der Waals surface area contributed by atoms with Crippen LogP contribution in [0.25, 0.3) is 10.9 Å². The number of halogens is 3. The minimum atomic E-state index is -4.72. The van der Waals surface area contributed by atoms with E-state index in [-0.39, 0.29) is 40.4 Å². The largest absolute Gasteiger partial charge is 0.467 e. The maximum Gasteiger partial charge on any atom is 0.416 e. The van der Waals surface area contributed by atoms with Gasteiger partial charge in [0.15, 0.2) is 0 Å². The van der Waals surface area contributed by atoms with Crippen LogP contribution in [0.15, 0.2) is 41.2 Å². The van der Waals surface area contributed by atoms with Crippen LogP contribution in [0.4, 0.5) is 18.9 Å². The first-order chi connectivity index (χ1) is 19.2. The number of carbonyl (C=O) groups is 2. The van der Waals surface area contributed by atoms with Crippen molar-refractivity contribution in [3.8, 4) is 0 Å². The highest BCUT2D eigenvalue weighted by Gasteiger charge is 2.36. The molecule has 1 saturated heterocycles. The fourth-order valence-corrected chi connectivity index (χ4v) is 5.27. The van der Waals surface area contributed by atoms with Crippen LogP contribution in [0.5, 0.6) is 0 Å². The number of esters is 1. The predicted octanol–water partition coefficient (Wildman–Crippen LogP) is 4.88. The summed E-state index contributed by atoms with van der Waals surface area (Å²) in [5, 5.41) is 2.98. The Morgan fingerprint density at radius 1 is 1.10 bits per heavy atom. The Morgan fingerprint density at radius 3 is 2.27 bits per heavy atom. The van der Waals surface area contributed by atoms with Crippen molar-refractivity contribution < 1.29 is 32.2 Å². The zero-order valence-corrected chi connectivity index (χ0v) is 23.7. The lowest BCUT2D eigenvalue weighted by atomic mass is 9.98. The number of hydrogen-bond donors (Lipinski definition) is 1. The number of ether oxygens (including phenoxy) is 2. The number of aromatic nitrogens is 2. The van der Waals surface area contributed by atoms with E-state index in [4.69, 9.17) is 9.47 Å². The van der Waals surface area contributed by atoms with E-state index in [1.807, 2.05) is 13.8 Å². The summed E-state index contributed by atoms with van der Waals surface area (Å²) in [7, 11) is 1.18. The Bertz CT molecular complexity index is 1510. The SMILES string of the molecule is COC(=O)C(C)n1c(C)nc2cc(C(F)(F)F)c([C@H](C)Nc3ccc(C(=O)N4C[C@@H](C)O[C@@H](C)C4)cc3)cc2c1=O. The summed E-state index contributed by atoms with van der Waals surface area (Å²) >= 11 is 0. The fraction of sp³-hybridized carbons (Fsp3) is 0.448. The van der Waals surface area contributed by atoms with Gasteiger partial charge < -0.3 is 19.7 Å². The van der Waals surface area contributed by atoms with E-state index in [0.717, 1.165) is 10.6 Å². The zero-order valence-electron chi connectivity index (χ0n) is 23.7. The summed E-state index contributed by atoms with van der Waals surface area (Å²) < 4.78 is 54.0. The molecule has 41 heavy (non-hydrogen) atoms. The third-order valence-electron chi connectivity index (χ3n) is 7.17. The fourth-order valence-electron chi connectivity index (χ4n) is 5.27. The van der Waals surface area contributed by atoms with Crippen molar-refractivity contribution >= 4 is 28.5 Å². The number of fused-ring (bicyclic) bond motifs is 1. The van der Waals surface area contributed by atoms with Crippen molar-refractivity contribution in [2.75, 3.05) is 25.5 Å². The number of amides is 1. The van der Waals surface area contributed by atoms with E-state index in [1.165, 1.54) is 27.0 Å². The van der Waals surface area contributed by atoms with Crippen molar-refractivity contribution in [1.29, 1.82) is 0 Å². The molecule has 0 radical (unpaired) electrons. The molecule has 4 rings (SSSR count). The Balaban J connectivity index is 1.67. The quantitative estimate of drug-likeness (QED) is 0.419. The topological polar surface area (TPSA) is 103 Å². The standard InChI is InChI=1S/C29H33F3N4O5/c1-15-13-35(14-16(2)41-15)26(37)20-7-9-21(10-8-20)33-17(3)22-11-23-25(12-24(22)29(30,31)32)34-19(5)36(27(23)38)18(4)28(39)40-6/h7-12,15-18,33H,13-14H2,1-6H3/t15-,16+,17-,18?/m0/s1. The minimum Gasteiger partial charge on any atom is -0.467 e. The van der Waals surface area contributed by atoms with Gasteiger partial charge >= 0.3 is 12.1 Å². The first-order valence-corrected chi connectivity index (χ1v) is 13.2. The van der Waals surface area contributed by atoms with Gasteiger partial charge in [-0.1, -0.05) is 0 Å². The molecule has 220 valence electrons. The molecule has 1 aliphatic rings. The normalized spacial score (nSPS) is 19.1. The smallest absolute Gasteiger partial charge is 0.416 e. The van der Waals surface area contributed by atoms with Gasteiger partial charge in [0.05, 0.1) is 35.8 Å². The number of hydrogen-bond acceptors (Lipinski definition) is 7. The Hall–Kier alpha value is -3.93. The maximum absolute atomic E-state index is 14.2. The predicted molar refractivity (Wildman–Crippen MR) is 147 cm³/mol. The number of nitrogens with one attached hydrogen (secondary N) is 1. The molecular weight excluding hydrogens is 541 g/mol. The number of carbonyl (C=O) groups excluding carboxylic acids is 2. The molecular formula is C29H33F3N4O5. The second-order valence-electron chi connectivity index (χ2n) is 10.4. The summed E-state index contributed by atoms with van der Waals surface area (Å²) in [6.45, 7) is 9.19. The van der Waals surface area contributed by atoms with Crippen LogP contribution in [0, 0.1) is 6.92 Å². The average Bonchev–Trinajstić information content (AvgIpc) is 2.90. The van der Waals surface area contributed by atoms with Gasteiger partial charge in [0.25, 0.3) is 11.5 Å². The Morgan fingerprint density at radius 2 is 1.71 bits per heavy atom. The molecule has 4 atom stereocenters. The van der Waals surface area contributed by atoms with E-state index in [1.54, 1.807) is 36.1 Å². The van der Waals surface area contributed by atoms with Gasteiger partial charge in [-0.3, -0.25) is 14.2 Å². The summed E-state index contributed by atoms with van der Waals surface area (Å²) in [5.41, 5.74) is -0.933. The molecule has 12 heteroatoms. The second kappa shape index (κ2) is 11.5. The van der Waals surface area contributed by atoms with Gasteiger partial charge in [0, 0.05) is 30.4 Å². The molecule has 1 N–H and O–H groups in total. The van der Waals surface area contributed by atoms with Gasteiger partial charge in [-0.05, 0) is 76.6 Å². The van der Waals surface area contributed by atoms with Crippen molar-refractivity contribution in [3.05, 3.63) is 69.3 Å². The monoisotopic (exact) mass is 574 g/mol. The van der Waals surface area contributed by atoms with Crippen LogP contribution < -0.4 is 10.9 Å². The summed E-state index contributed by atoms with van der Waals surface area (Å²) in [6.07, 6.45) is -4.88. The van der Waals surface area contributed by atoms with E-state index >= 15 is 0 Å². The third kappa shape index (κ3) is 6.22. The van der Waals surface area contributed by atoms with Crippen LogP contribution in [0.1, 0.15) is 67.1 Å². The molecule has 1 aromatic heterocycles. The molecule has 2 heterocycles. The molecule has 3 aromatic rings. The highest BCUT2D eigenvalue weighted by Crippen LogP contribution is 2.37. The molecule has 0 spiro atoms. The van der Waals surface area contributed by atoms with Gasteiger partial charge in [-0.2, -0.15) is 13.2 Å². The third-order valence-corrected chi connectivity index (χ3v) is 7.17. The van der Waals surface area contributed by atoms with Gasteiger partial charge in [-0.25, -0.2) is 9.78 Å². The first kappa shape index (κ1) is 30.0. The second-order valence-corrected chi connectivity index (χ2v) is 10.4. The lowest BCUT2D eigenvalue weighted by Crippen LogP contribution is -2.48. The number of nitrogens with zero attached hydrogens (tertiary/aromatic N) is 3. The molecule has 1 fully saturated rings. The van der Waals surface area contributed by atoms with E-state index in [2.05, 4.69) is 10.3 Å². The summed E-state index contributed by atoms with van der Waals surface area (Å²) in [6, 6.07) is 6.61. The molecule has 0 saturated carbocycles. The van der Waals surface area contributed by atoms with Crippen molar-refractivity contribution in [2.24, 2.45) is 0 Å². The van der Waals surface area contributed by atoms with Crippen molar-refractivity contribution in [3.63, 3.8) is 0 Å². The van der Waals surface area contributed by atoms with Crippen molar-refractivity contribution in [2.45, 2.75) is 65.1 Å². The summed E-state index contributed by atoms with van der Waals surface area (Å²) in [5.74, 6) is -0.748. The molecule has 0 aliphatic carbocycles. The first-order valence-electron chi connectivity index (χ1n) is 13.2. The van der Waals surface area contributed by atoms with Gasteiger partial charge in [-0.15, -0.1) is 0 Å². The van der Waals surface area contributed by atoms with Crippen LogP contribution in [-0.2, 0) is 20.4 Å². The number of methoxy groups -OCH3 is 1. The van der Waals surface area contributed by atoms with Gasteiger partial charge in [0.1, 0.15) is 11.9 Å². The highest BCUT2D eigenvalue weighted by atomic mass is 19.4. The number of benzene rings is 2. The maximum atomic E-state index is 14.2. The average molecular weight is 575 g/mol. The number of anilines is 1. The molecule has 9 nitrogen and oxygen atoms in total. The number of rotatable bonds is 6. The molecule has 1 unspecified atom stereocenters. The van der Waals surface area contributed by atoms with Gasteiger partial charge in [0.2, 0.25) is 0 Å². The van der Waals surface area contributed by atoms with E-state index in [0.29, 0.717) is 24.3 Å². The number of aryl methyl sites for hydroxylation is 1. The molecule has 0 bridgehead atoms. The Labute approximate surface area is 235 Å². The summed E-state index contributed by atoms with van der Waals surface area (Å²) in [4.78, 5) is 44.3. The zero-order chi connectivity index (χ0) is 30.2. The Kier molecular flexibility index (Phi) is 8.44. The number of morpholine rings is 1.